The summed E-state index contributed by atoms with van der Waals surface area (Å²) in [4.78, 5) is 12.3. The van der Waals surface area contributed by atoms with Crippen LogP contribution in [0.15, 0.2) is 46.9 Å². The second-order valence-electron chi connectivity index (χ2n) is 4.41. The zero-order valence-corrected chi connectivity index (χ0v) is 14.5. The molecule has 0 saturated carbocycles. The summed E-state index contributed by atoms with van der Waals surface area (Å²) >= 11 is 5.56. The topological polar surface area (TPSA) is 49.3 Å². The van der Waals surface area contributed by atoms with Gasteiger partial charge in [0.25, 0.3) is 5.91 Å². The highest BCUT2D eigenvalue weighted by Crippen LogP contribution is 2.22. The van der Waals surface area contributed by atoms with Crippen LogP contribution in [0.5, 0.6) is 5.75 Å². The Morgan fingerprint density at radius 3 is 2.75 bits per heavy atom. The van der Waals surface area contributed by atoms with Gasteiger partial charge in [0, 0.05) is 8.04 Å². The van der Waals surface area contributed by atoms with Crippen LogP contribution in [-0.4, -0.2) is 11.0 Å². The standard InChI is InChI=1S/C15H13BrINO2/c1-9(10-3-2-4-12(19)7-10)18-15(20)13-8-11(17)5-6-14(13)16/h2-9,19H,1H3,(H,18,20). The van der Waals surface area contributed by atoms with Crippen molar-refractivity contribution >= 4 is 44.4 Å². The summed E-state index contributed by atoms with van der Waals surface area (Å²) in [5, 5.41) is 12.4. The van der Waals surface area contributed by atoms with E-state index in [0.717, 1.165) is 13.6 Å². The van der Waals surface area contributed by atoms with E-state index in [1.54, 1.807) is 18.2 Å². The first kappa shape index (κ1) is 15.3. The SMILES string of the molecule is CC(NC(=O)c1cc(I)ccc1Br)c1cccc(O)c1. The number of amides is 1. The van der Waals surface area contributed by atoms with Crippen LogP contribution in [0.2, 0.25) is 0 Å². The molecule has 2 rings (SSSR count). The fourth-order valence-corrected chi connectivity index (χ4v) is 2.74. The Bertz CT molecular complexity index is 646. The van der Waals surface area contributed by atoms with Crippen LogP contribution in [0.3, 0.4) is 0 Å². The maximum atomic E-state index is 12.3. The molecular weight excluding hydrogens is 433 g/mol. The van der Waals surface area contributed by atoms with Gasteiger partial charge in [-0.15, -0.1) is 0 Å². The number of carbonyl (C=O) groups excluding carboxylic acids is 1. The lowest BCUT2D eigenvalue weighted by Crippen LogP contribution is -2.27. The number of halogens is 2. The lowest BCUT2D eigenvalue weighted by atomic mass is 10.1. The number of hydrogen-bond acceptors (Lipinski definition) is 2. The van der Waals surface area contributed by atoms with Crippen molar-refractivity contribution in [2.24, 2.45) is 0 Å². The minimum Gasteiger partial charge on any atom is -0.508 e. The first-order valence-corrected chi connectivity index (χ1v) is 7.89. The second-order valence-corrected chi connectivity index (χ2v) is 6.51. The van der Waals surface area contributed by atoms with Crippen molar-refractivity contribution < 1.29 is 9.90 Å². The Morgan fingerprint density at radius 1 is 1.30 bits per heavy atom. The van der Waals surface area contributed by atoms with Crippen molar-refractivity contribution in [2.75, 3.05) is 0 Å². The number of benzene rings is 2. The van der Waals surface area contributed by atoms with Crippen molar-refractivity contribution in [1.29, 1.82) is 0 Å². The molecule has 2 N–H and O–H groups in total. The first-order chi connectivity index (χ1) is 9.47. The average molecular weight is 446 g/mol. The molecule has 20 heavy (non-hydrogen) atoms. The first-order valence-electron chi connectivity index (χ1n) is 6.02. The van der Waals surface area contributed by atoms with Gasteiger partial charge in [-0.2, -0.15) is 0 Å². The third-order valence-corrected chi connectivity index (χ3v) is 4.25. The van der Waals surface area contributed by atoms with Gasteiger partial charge in [0.05, 0.1) is 11.6 Å². The fraction of sp³-hybridized carbons (Fsp3) is 0.133. The second kappa shape index (κ2) is 6.58. The highest BCUT2D eigenvalue weighted by molar-refractivity contribution is 14.1. The Morgan fingerprint density at radius 2 is 2.05 bits per heavy atom. The highest BCUT2D eigenvalue weighted by atomic mass is 127. The predicted octanol–water partition coefficient (Wildman–Crippen LogP) is 4.25. The quantitative estimate of drug-likeness (QED) is 0.694. The van der Waals surface area contributed by atoms with E-state index in [9.17, 15) is 9.90 Å². The van der Waals surface area contributed by atoms with Crippen molar-refractivity contribution in [3.63, 3.8) is 0 Å². The Labute approximate surface area is 139 Å². The molecule has 1 unspecified atom stereocenters. The molecule has 0 fully saturated rings. The molecule has 3 nitrogen and oxygen atoms in total. The molecule has 0 spiro atoms. The molecule has 2 aromatic carbocycles. The number of nitrogens with one attached hydrogen (secondary N) is 1. The van der Waals surface area contributed by atoms with E-state index in [1.807, 2.05) is 31.2 Å². The summed E-state index contributed by atoms with van der Waals surface area (Å²) in [5.41, 5.74) is 1.46. The summed E-state index contributed by atoms with van der Waals surface area (Å²) in [6.07, 6.45) is 0. The lowest BCUT2D eigenvalue weighted by molar-refractivity contribution is 0.0939. The Hall–Kier alpha value is -1.08. The third-order valence-electron chi connectivity index (χ3n) is 2.89. The zero-order chi connectivity index (χ0) is 14.7. The third kappa shape index (κ3) is 3.73. The van der Waals surface area contributed by atoms with Crippen molar-refractivity contribution in [2.45, 2.75) is 13.0 Å². The predicted molar refractivity (Wildman–Crippen MR) is 90.8 cm³/mol. The molecule has 0 heterocycles. The number of hydrogen-bond donors (Lipinski definition) is 2. The van der Waals surface area contributed by atoms with E-state index in [-0.39, 0.29) is 17.7 Å². The smallest absolute Gasteiger partial charge is 0.252 e. The summed E-state index contributed by atoms with van der Waals surface area (Å²) in [7, 11) is 0. The van der Waals surface area contributed by atoms with Crippen LogP contribution < -0.4 is 5.32 Å². The molecule has 1 amide bonds. The van der Waals surface area contributed by atoms with Gasteiger partial charge in [-0.1, -0.05) is 12.1 Å². The van der Waals surface area contributed by atoms with Gasteiger partial charge in [-0.25, -0.2) is 0 Å². The van der Waals surface area contributed by atoms with E-state index >= 15 is 0 Å². The zero-order valence-electron chi connectivity index (χ0n) is 10.7. The summed E-state index contributed by atoms with van der Waals surface area (Å²) in [6, 6.07) is 12.3. The largest absolute Gasteiger partial charge is 0.508 e. The molecular formula is C15H13BrINO2. The van der Waals surface area contributed by atoms with Gasteiger partial charge in [0.15, 0.2) is 0 Å². The van der Waals surface area contributed by atoms with Crippen molar-refractivity contribution in [1.82, 2.24) is 5.32 Å². The van der Waals surface area contributed by atoms with Gasteiger partial charge < -0.3 is 10.4 Å². The fourth-order valence-electron chi connectivity index (χ4n) is 1.82. The number of phenols is 1. The number of rotatable bonds is 3. The van der Waals surface area contributed by atoms with E-state index in [4.69, 9.17) is 0 Å². The van der Waals surface area contributed by atoms with Crippen molar-refractivity contribution in [3.05, 3.63) is 61.6 Å². The molecule has 0 radical (unpaired) electrons. The minimum absolute atomic E-state index is 0.147. The van der Waals surface area contributed by atoms with Crippen LogP contribution in [0.4, 0.5) is 0 Å². The Kier molecular flexibility index (Phi) is 5.04. The van der Waals surface area contributed by atoms with Gasteiger partial charge in [-0.3, -0.25) is 4.79 Å². The molecule has 5 heteroatoms. The van der Waals surface area contributed by atoms with E-state index in [0.29, 0.717) is 5.56 Å². The monoisotopic (exact) mass is 445 g/mol. The number of phenolic OH excluding ortho intramolecular Hbond substituents is 1. The molecule has 0 aliphatic heterocycles. The Balaban J connectivity index is 2.17. The van der Waals surface area contributed by atoms with Crippen LogP contribution in [-0.2, 0) is 0 Å². The van der Waals surface area contributed by atoms with Gasteiger partial charge in [0.2, 0.25) is 0 Å². The molecule has 0 aromatic heterocycles. The molecule has 104 valence electrons. The van der Waals surface area contributed by atoms with E-state index in [1.165, 1.54) is 0 Å². The highest BCUT2D eigenvalue weighted by Gasteiger charge is 2.14. The summed E-state index contributed by atoms with van der Waals surface area (Å²) in [6.45, 7) is 1.88. The molecule has 2 aromatic rings. The molecule has 1 atom stereocenters. The summed E-state index contributed by atoms with van der Waals surface area (Å²) in [5.74, 6) is 0.0465. The van der Waals surface area contributed by atoms with Crippen LogP contribution in [0.1, 0.15) is 28.9 Å². The molecule has 0 aliphatic rings. The van der Waals surface area contributed by atoms with Gasteiger partial charge in [-0.05, 0) is 81.3 Å². The molecule has 0 bridgehead atoms. The van der Waals surface area contributed by atoms with Crippen molar-refractivity contribution in [3.8, 4) is 5.75 Å². The maximum absolute atomic E-state index is 12.3. The van der Waals surface area contributed by atoms with E-state index in [2.05, 4.69) is 43.8 Å². The van der Waals surface area contributed by atoms with Gasteiger partial charge in [0.1, 0.15) is 5.75 Å². The number of aromatic hydroxyl groups is 1. The molecule has 0 aliphatic carbocycles. The maximum Gasteiger partial charge on any atom is 0.252 e. The number of carbonyl (C=O) groups is 1. The van der Waals surface area contributed by atoms with Gasteiger partial charge >= 0.3 is 0 Å². The minimum atomic E-state index is -0.181. The normalized spacial score (nSPS) is 11.9. The van der Waals surface area contributed by atoms with Crippen LogP contribution >= 0.6 is 38.5 Å². The van der Waals surface area contributed by atoms with E-state index < -0.39 is 0 Å². The van der Waals surface area contributed by atoms with Crippen LogP contribution in [0.25, 0.3) is 0 Å². The summed E-state index contributed by atoms with van der Waals surface area (Å²) < 4.78 is 1.76. The molecule has 0 saturated heterocycles. The van der Waals surface area contributed by atoms with Crippen LogP contribution in [0, 0.1) is 3.57 Å². The lowest BCUT2D eigenvalue weighted by Gasteiger charge is -2.15. The average Bonchev–Trinajstić information content (AvgIpc) is 2.41.